The van der Waals surface area contributed by atoms with Gasteiger partial charge in [0.1, 0.15) is 12.6 Å². The van der Waals surface area contributed by atoms with Crippen LogP contribution in [-0.2, 0) is 26.2 Å². The summed E-state index contributed by atoms with van der Waals surface area (Å²) in [6, 6.07) is 18.8. The van der Waals surface area contributed by atoms with Gasteiger partial charge in [-0.3, -0.25) is 13.9 Å². The monoisotopic (exact) mass is 563 g/mol. The van der Waals surface area contributed by atoms with Crippen LogP contribution in [-0.4, -0.2) is 44.3 Å². The maximum atomic E-state index is 14.0. The Bertz CT molecular complexity index is 1450. The number of carbonyl (C=O) groups excluding carboxylic acids is 2. The molecule has 8 heteroatoms. The molecule has 2 amide bonds. The summed E-state index contributed by atoms with van der Waals surface area (Å²) in [5.74, 6) is -0.506. The fourth-order valence-corrected chi connectivity index (χ4v) is 5.70. The second-order valence-corrected chi connectivity index (χ2v) is 12.8. The molecular formula is C32H41N3O4S. The Morgan fingerprint density at radius 2 is 1.50 bits per heavy atom. The molecule has 3 aromatic carbocycles. The van der Waals surface area contributed by atoms with Crippen LogP contribution in [0.1, 0.15) is 48.6 Å². The van der Waals surface area contributed by atoms with Gasteiger partial charge in [0.15, 0.2) is 0 Å². The number of rotatable bonds is 11. The van der Waals surface area contributed by atoms with Gasteiger partial charge in [-0.25, -0.2) is 8.42 Å². The molecule has 3 rings (SSSR count). The van der Waals surface area contributed by atoms with Crippen LogP contribution >= 0.6 is 0 Å². The van der Waals surface area contributed by atoms with Crippen molar-refractivity contribution >= 4 is 27.5 Å². The van der Waals surface area contributed by atoms with E-state index >= 15 is 0 Å². The van der Waals surface area contributed by atoms with Gasteiger partial charge in [-0.1, -0.05) is 67.4 Å². The first-order chi connectivity index (χ1) is 18.8. The standard InChI is InChI=1S/C32H41N3O4S/c1-22(2)19-33-32(37)27(7)34(20-28-10-8-9-24(4)17-28)31(36)21-35(29-14-13-25(5)26(6)18-29)40(38,39)30-15-11-23(3)12-16-30/h8-18,22,27H,19-21H2,1-7H3,(H,33,37)/t27-/m1/s1. The van der Waals surface area contributed by atoms with Gasteiger partial charge >= 0.3 is 0 Å². The van der Waals surface area contributed by atoms with Gasteiger partial charge in [0.2, 0.25) is 11.8 Å². The Labute approximate surface area is 239 Å². The van der Waals surface area contributed by atoms with Gasteiger partial charge in [-0.05, 0) is 81.5 Å². The summed E-state index contributed by atoms with van der Waals surface area (Å²) < 4.78 is 29.1. The number of amides is 2. The van der Waals surface area contributed by atoms with E-state index < -0.39 is 28.5 Å². The van der Waals surface area contributed by atoms with Gasteiger partial charge in [0, 0.05) is 13.1 Å². The summed E-state index contributed by atoms with van der Waals surface area (Å²) in [5.41, 5.74) is 5.13. The number of nitrogens with one attached hydrogen (secondary N) is 1. The molecule has 0 fully saturated rings. The Hall–Kier alpha value is -3.65. The van der Waals surface area contributed by atoms with E-state index in [0.29, 0.717) is 12.2 Å². The molecule has 0 aliphatic rings. The van der Waals surface area contributed by atoms with Crippen molar-refractivity contribution in [3.8, 4) is 0 Å². The van der Waals surface area contributed by atoms with Crippen molar-refractivity contribution < 1.29 is 18.0 Å². The highest BCUT2D eigenvalue weighted by molar-refractivity contribution is 7.92. The average molecular weight is 564 g/mol. The fraction of sp³-hybridized carbons (Fsp3) is 0.375. The smallest absolute Gasteiger partial charge is 0.264 e. The van der Waals surface area contributed by atoms with Crippen molar-refractivity contribution in [3.05, 3.63) is 94.5 Å². The van der Waals surface area contributed by atoms with Crippen LogP contribution in [0.4, 0.5) is 5.69 Å². The number of hydrogen-bond donors (Lipinski definition) is 1. The Balaban J connectivity index is 2.04. The summed E-state index contributed by atoms with van der Waals surface area (Å²) in [6.07, 6.45) is 0. The van der Waals surface area contributed by atoms with Gasteiger partial charge in [-0.15, -0.1) is 0 Å². The lowest BCUT2D eigenvalue weighted by Crippen LogP contribution is -2.51. The highest BCUT2D eigenvalue weighted by atomic mass is 32.2. The van der Waals surface area contributed by atoms with Gasteiger partial charge in [0.05, 0.1) is 10.6 Å². The summed E-state index contributed by atoms with van der Waals surface area (Å²) in [5, 5.41) is 2.91. The second kappa shape index (κ2) is 13.1. The molecule has 0 bridgehead atoms. The minimum atomic E-state index is -4.09. The van der Waals surface area contributed by atoms with E-state index in [1.807, 2.05) is 71.9 Å². The Morgan fingerprint density at radius 3 is 2.10 bits per heavy atom. The van der Waals surface area contributed by atoms with Crippen LogP contribution in [0, 0.1) is 33.6 Å². The highest BCUT2D eigenvalue weighted by Crippen LogP contribution is 2.27. The molecule has 0 aromatic heterocycles. The molecule has 0 saturated heterocycles. The maximum absolute atomic E-state index is 14.0. The Kier molecular flexibility index (Phi) is 10.1. The third kappa shape index (κ3) is 7.72. The van der Waals surface area contributed by atoms with Crippen LogP contribution in [0.15, 0.2) is 71.6 Å². The molecule has 0 aliphatic carbocycles. The molecular weight excluding hydrogens is 522 g/mol. The van der Waals surface area contributed by atoms with Crippen LogP contribution < -0.4 is 9.62 Å². The SMILES string of the molecule is Cc1ccc(S(=O)(=O)N(CC(=O)N(Cc2cccc(C)c2)[C@H](C)C(=O)NCC(C)C)c2ccc(C)c(C)c2)cc1. The lowest BCUT2D eigenvalue weighted by Gasteiger charge is -2.32. The molecule has 1 atom stereocenters. The molecule has 0 radical (unpaired) electrons. The van der Waals surface area contributed by atoms with Crippen molar-refractivity contribution in [2.45, 2.75) is 65.9 Å². The number of carbonyl (C=O) groups is 2. The van der Waals surface area contributed by atoms with Crippen molar-refractivity contribution in [2.24, 2.45) is 5.92 Å². The first-order valence-electron chi connectivity index (χ1n) is 13.6. The summed E-state index contributed by atoms with van der Waals surface area (Å²) >= 11 is 0. The molecule has 3 aromatic rings. The van der Waals surface area contributed by atoms with Gasteiger partial charge in [-0.2, -0.15) is 0 Å². The number of anilines is 1. The van der Waals surface area contributed by atoms with E-state index in [-0.39, 0.29) is 23.3 Å². The number of hydrogen-bond acceptors (Lipinski definition) is 4. The van der Waals surface area contributed by atoms with Crippen molar-refractivity contribution in [3.63, 3.8) is 0 Å². The molecule has 40 heavy (non-hydrogen) atoms. The van der Waals surface area contributed by atoms with E-state index in [2.05, 4.69) is 5.32 Å². The zero-order chi connectivity index (χ0) is 29.6. The topological polar surface area (TPSA) is 86.8 Å². The zero-order valence-electron chi connectivity index (χ0n) is 24.6. The molecule has 0 saturated carbocycles. The van der Waals surface area contributed by atoms with Crippen molar-refractivity contribution in [1.82, 2.24) is 10.2 Å². The number of nitrogens with zero attached hydrogens (tertiary/aromatic N) is 2. The van der Waals surface area contributed by atoms with Crippen LogP contribution in [0.2, 0.25) is 0 Å². The predicted molar refractivity (Wildman–Crippen MR) is 161 cm³/mol. The number of benzene rings is 3. The molecule has 214 valence electrons. The van der Waals surface area contributed by atoms with E-state index in [1.165, 1.54) is 4.90 Å². The molecule has 0 spiro atoms. The normalized spacial score (nSPS) is 12.2. The lowest BCUT2D eigenvalue weighted by molar-refractivity contribution is -0.139. The maximum Gasteiger partial charge on any atom is 0.264 e. The van der Waals surface area contributed by atoms with E-state index in [4.69, 9.17) is 0 Å². The average Bonchev–Trinajstić information content (AvgIpc) is 2.90. The number of aryl methyl sites for hydroxylation is 4. The third-order valence-electron chi connectivity index (χ3n) is 6.95. The van der Waals surface area contributed by atoms with E-state index in [9.17, 15) is 18.0 Å². The van der Waals surface area contributed by atoms with Crippen LogP contribution in [0.5, 0.6) is 0 Å². The minimum absolute atomic E-state index is 0.0945. The summed E-state index contributed by atoms with van der Waals surface area (Å²) in [4.78, 5) is 28.7. The second-order valence-electron chi connectivity index (χ2n) is 10.9. The van der Waals surface area contributed by atoms with E-state index in [1.54, 1.807) is 43.3 Å². The lowest BCUT2D eigenvalue weighted by atomic mass is 10.1. The van der Waals surface area contributed by atoms with Crippen molar-refractivity contribution in [1.29, 1.82) is 0 Å². The molecule has 0 aliphatic heterocycles. The van der Waals surface area contributed by atoms with E-state index in [0.717, 1.165) is 32.1 Å². The van der Waals surface area contributed by atoms with Crippen LogP contribution in [0.25, 0.3) is 0 Å². The molecule has 1 N–H and O–H groups in total. The molecule has 0 heterocycles. The summed E-state index contributed by atoms with van der Waals surface area (Å²) in [6.45, 7) is 13.6. The first kappa shape index (κ1) is 30.9. The Morgan fingerprint density at radius 1 is 0.825 bits per heavy atom. The predicted octanol–water partition coefficient (Wildman–Crippen LogP) is 5.31. The number of sulfonamides is 1. The van der Waals surface area contributed by atoms with Gasteiger partial charge in [0.25, 0.3) is 10.0 Å². The molecule has 7 nitrogen and oxygen atoms in total. The van der Waals surface area contributed by atoms with Crippen LogP contribution in [0.3, 0.4) is 0 Å². The molecule has 0 unspecified atom stereocenters. The third-order valence-corrected chi connectivity index (χ3v) is 8.74. The van der Waals surface area contributed by atoms with Crippen molar-refractivity contribution in [2.75, 3.05) is 17.4 Å². The minimum Gasteiger partial charge on any atom is -0.354 e. The quantitative estimate of drug-likeness (QED) is 0.343. The van der Waals surface area contributed by atoms with Gasteiger partial charge < -0.3 is 10.2 Å². The largest absolute Gasteiger partial charge is 0.354 e. The first-order valence-corrected chi connectivity index (χ1v) is 15.0. The summed E-state index contributed by atoms with van der Waals surface area (Å²) in [7, 11) is -4.09. The highest BCUT2D eigenvalue weighted by Gasteiger charge is 2.32. The fourth-order valence-electron chi connectivity index (χ4n) is 4.29. The zero-order valence-corrected chi connectivity index (χ0v) is 25.4.